The number of anilines is 1. The molecule has 0 saturated carbocycles. The molecular formula is C12H15ClN2O2S. The number of rotatable bonds is 2. The Labute approximate surface area is 112 Å². The van der Waals surface area contributed by atoms with E-state index in [0.717, 1.165) is 6.42 Å². The van der Waals surface area contributed by atoms with Crippen molar-refractivity contribution in [2.75, 3.05) is 18.8 Å². The first-order chi connectivity index (χ1) is 8.41. The van der Waals surface area contributed by atoms with Crippen molar-refractivity contribution < 1.29 is 8.42 Å². The molecular weight excluding hydrogens is 272 g/mol. The molecule has 1 aromatic rings. The van der Waals surface area contributed by atoms with Crippen molar-refractivity contribution in [3.05, 3.63) is 34.9 Å². The van der Waals surface area contributed by atoms with Gasteiger partial charge in [-0.05, 0) is 31.5 Å². The highest BCUT2D eigenvalue weighted by Crippen LogP contribution is 2.28. The third-order valence-electron chi connectivity index (χ3n) is 2.97. The first-order valence-corrected chi connectivity index (χ1v) is 7.44. The lowest BCUT2D eigenvalue weighted by atomic mass is 10.1. The molecule has 1 aromatic carbocycles. The van der Waals surface area contributed by atoms with Crippen LogP contribution in [0.3, 0.4) is 0 Å². The Hall–Kier alpha value is -1.04. The SMILES string of the molecule is CC1=CCN(S(=O)(=O)c2ccc(N)cc2Cl)CC1. The van der Waals surface area contributed by atoms with Crippen LogP contribution in [-0.4, -0.2) is 25.8 Å². The van der Waals surface area contributed by atoms with Gasteiger partial charge >= 0.3 is 0 Å². The van der Waals surface area contributed by atoms with Gasteiger partial charge in [0.15, 0.2) is 0 Å². The molecule has 0 spiro atoms. The van der Waals surface area contributed by atoms with Crippen molar-refractivity contribution >= 4 is 27.3 Å². The van der Waals surface area contributed by atoms with Crippen LogP contribution in [0.5, 0.6) is 0 Å². The molecule has 0 amide bonds. The average Bonchev–Trinajstić information content (AvgIpc) is 2.29. The van der Waals surface area contributed by atoms with Gasteiger partial charge in [-0.2, -0.15) is 4.31 Å². The third-order valence-corrected chi connectivity index (χ3v) is 5.32. The molecule has 18 heavy (non-hydrogen) atoms. The zero-order chi connectivity index (χ0) is 13.3. The smallest absolute Gasteiger partial charge is 0.244 e. The molecule has 0 fully saturated rings. The average molecular weight is 287 g/mol. The quantitative estimate of drug-likeness (QED) is 0.670. The molecule has 0 bridgehead atoms. The maximum Gasteiger partial charge on any atom is 0.244 e. The second kappa shape index (κ2) is 4.91. The van der Waals surface area contributed by atoms with Gasteiger partial charge in [-0.3, -0.25) is 0 Å². The molecule has 2 rings (SSSR count). The standard InChI is InChI=1S/C12H15ClN2O2S/c1-9-4-6-15(7-5-9)18(16,17)12-3-2-10(14)8-11(12)13/h2-4,8H,5-7,14H2,1H3. The van der Waals surface area contributed by atoms with Crippen LogP contribution in [-0.2, 0) is 10.0 Å². The summed E-state index contributed by atoms with van der Waals surface area (Å²) in [6.45, 7) is 2.89. The molecule has 0 unspecified atom stereocenters. The van der Waals surface area contributed by atoms with E-state index in [0.29, 0.717) is 18.8 Å². The fourth-order valence-corrected chi connectivity index (χ4v) is 3.74. The van der Waals surface area contributed by atoms with Gasteiger partial charge in [0.1, 0.15) is 4.90 Å². The van der Waals surface area contributed by atoms with Gasteiger partial charge in [0, 0.05) is 18.8 Å². The minimum atomic E-state index is -3.53. The predicted molar refractivity (Wildman–Crippen MR) is 73.0 cm³/mol. The molecule has 0 atom stereocenters. The van der Waals surface area contributed by atoms with Crippen molar-refractivity contribution in [1.82, 2.24) is 4.31 Å². The Morgan fingerprint density at radius 3 is 2.67 bits per heavy atom. The van der Waals surface area contributed by atoms with Crippen LogP contribution in [0.1, 0.15) is 13.3 Å². The zero-order valence-corrected chi connectivity index (χ0v) is 11.6. The maximum atomic E-state index is 12.4. The van der Waals surface area contributed by atoms with Crippen LogP contribution in [0.2, 0.25) is 5.02 Å². The molecule has 0 aromatic heterocycles. The third kappa shape index (κ3) is 2.53. The van der Waals surface area contributed by atoms with Crippen LogP contribution < -0.4 is 5.73 Å². The Morgan fingerprint density at radius 1 is 1.39 bits per heavy atom. The van der Waals surface area contributed by atoms with Gasteiger partial charge in [0.05, 0.1) is 5.02 Å². The largest absolute Gasteiger partial charge is 0.399 e. The van der Waals surface area contributed by atoms with E-state index in [1.165, 1.54) is 22.0 Å². The minimum Gasteiger partial charge on any atom is -0.399 e. The molecule has 2 N–H and O–H groups in total. The Balaban J connectivity index is 2.37. The van der Waals surface area contributed by atoms with E-state index in [1.54, 1.807) is 6.07 Å². The van der Waals surface area contributed by atoms with E-state index in [9.17, 15) is 8.42 Å². The minimum absolute atomic E-state index is 0.117. The Bertz CT molecular complexity index is 596. The van der Waals surface area contributed by atoms with Crippen LogP contribution >= 0.6 is 11.6 Å². The number of hydrogen-bond donors (Lipinski definition) is 1. The fraction of sp³-hybridized carbons (Fsp3) is 0.333. The number of sulfonamides is 1. The molecule has 1 aliphatic rings. The van der Waals surface area contributed by atoms with E-state index < -0.39 is 10.0 Å². The van der Waals surface area contributed by atoms with Crippen LogP contribution in [0, 0.1) is 0 Å². The summed E-state index contributed by atoms with van der Waals surface area (Å²) >= 11 is 5.96. The van der Waals surface area contributed by atoms with E-state index >= 15 is 0 Å². The van der Waals surface area contributed by atoms with Gasteiger partial charge in [-0.1, -0.05) is 23.3 Å². The predicted octanol–water partition coefficient (Wildman–Crippen LogP) is 2.26. The molecule has 1 heterocycles. The van der Waals surface area contributed by atoms with Crippen molar-refractivity contribution in [3.63, 3.8) is 0 Å². The zero-order valence-electron chi connectivity index (χ0n) is 10.1. The van der Waals surface area contributed by atoms with Crippen LogP contribution in [0.15, 0.2) is 34.7 Å². The number of halogens is 1. The first kappa shape index (κ1) is 13.4. The maximum absolute atomic E-state index is 12.4. The summed E-state index contributed by atoms with van der Waals surface area (Å²) in [5.74, 6) is 0. The molecule has 0 aliphatic carbocycles. The summed E-state index contributed by atoms with van der Waals surface area (Å²) in [5.41, 5.74) is 7.23. The lowest BCUT2D eigenvalue weighted by molar-refractivity contribution is 0.431. The summed E-state index contributed by atoms with van der Waals surface area (Å²) in [6.07, 6.45) is 2.68. The van der Waals surface area contributed by atoms with Crippen molar-refractivity contribution in [1.29, 1.82) is 0 Å². The van der Waals surface area contributed by atoms with E-state index in [1.807, 2.05) is 13.0 Å². The van der Waals surface area contributed by atoms with Crippen molar-refractivity contribution in [2.24, 2.45) is 0 Å². The van der Waals surface area contributed by atoms with Gasteiger partial charge in [-0.15, -0.1) is 0 Å². The molecule has 98 valence electrons. The lowest BCUT2D eigenvalue weighted by Gasteiger charge is -2.25. The van der Waals surface area contributed by atoms with Crippen molar-refractivity contribution in [2.45, 2.75) is 18.2 Å². The second-order valence-corrected chi connectivity index (χ2v) is 6.67. The van der Waals surface area contributed by atoms with Crippen LogP contribution in [0.4, 0.5) is 5.69 Å². The van der Waals surface area contributed by atoms with Gasteiger partial charge < -0.3 is 5.73 Å². The molecule has 1 aliphatic heterocycles. The highest BCUT2D eigenvalue weighted by atomic mass is 35.5. The summed E-state index contributed by atoms with van der Waals surface area (Å²) in [4.78, 5) is 0.117. The van der Waals surface area contributed by atoms with Gasteiger partial charge in [-0.25, -0.2) is 8.42 Å². The monoisotopic (exact) mass is 286 g/mol. The van der Waals surface area contributed by atoms with Gasteiger partial charge in [0.25, 0.3) is 0 Å². The van der Waals surface area contributed by atoms with E-state index in [2.05, 4.69) is 0 Å². The number of nitrogens with zero attached hydrogens (tertiary/aromatic N) is 1. The highest BCUT2D eigenvalue weighted by Gasteiger charge is 2.27. The Kier molecular flexibility index (Phi) is 3.66. The van der Waals surface area contributed by atoms with E-state index in [-0.39, 0.29) is 9.92 Å². The summed E-state index contributed by atoms with van der Waals surface area (Å²) in [5, 5.41) is 0.168. The summed E-state index contributed by atoms with van der Waals surface area (Å²) in [7, 11) is -3.53. The van der Waals surface area contributed by atoms with E-state index in [4.69, 9.17) is 17.3 Å². The van der Waals surface area contributed by atoms with Gasteiger partial charge in [0.2, 0.25) is 10.0 Å². The number of nitrogen functional groups attached to an aromatic ring is 1. The molecule has 6 heteroatoms. The lowest BCUT2D eigenvalue weighted by Crippen LogP contribution is -2.34. The number of hydrogen-bond acceptors (Lipinski definition) is 3. The molecule has 0 saturated heterocycles. The van der Waals surface area contributed by atoms with Crippen LogP contribution in [0.25, 0.3) is 0 Å². The molecule has 0 radical (unpaired) electrons. The first-order valence-electron chi connectivity index (χ1n) is 5.62. The normalized spacial score (nSPS) is 17.6. The summed E-state index contributed by atoms with van der Waals surface area (Å²) < 4.78 is 26.2. The summed E-state index contributed by atoms with van der Waals surface area (Å²) in [6, 6.07) is 4.46. The number of benzene rings is 1. The van der Waals surface area contributed by atoms with Crippen molar-refractivity contribution in [3.8, 4) is 0 Å². The fourth-order valence-electron chi connectivity index (χ4n) is 1.84. The number of nitrogens with two attached hydrogens (primary N) is 1. The molecule has 4 nitrogen and oxygen atoms in total. The Morgan fingerprint density at radius 2 is 2.11 bits per heavy atom. The topological polar surface area (TPSA) is 63.4 Å². The highest BCUT2D eigenvalue weighted by molar-refractivity contribution is 7.89. The second-order valence-electron chi connectivity index (χ2n) is 4.35.